The first kappa shape index (κ1) is 13.7. The van der Waals surface area contributed by atoms with Crippen LogP contribution in [0.4, 0.5) is 0 Å². The molecule has 0 fully saturated rings. The number of benzene rings is 2. The summed E-state index contributed by atoms with van der Waals surface area (Å²) in [4.78, 5) is 4.66. The summed E-state index contributed by atoms with van der Waals surface area (Å²) in [5, 5.41) is 8.86. The zero-order valence-electron chi connectivity index (χ0n) is 11.7. The zero-order valence-corrected chi connectivity index (χ0v) is 12.6. The number of aryl methyl sites for hydroxylation is 1. The Morgan fingerprint density at radius 1 is 1.19 bits per heavy atom. The fourth-order valence-corrected chi connectivity index (χ4v) is 2.70. The average molecular weight is 293 g/mol. The minimum absolute atomic E-state index is 0.601. The summed E-state index contributed by atoms with van der Waals surface area (Å²) in [5.41, 5.74) is 5.16. The molecule has 21 heavy (non-hydrogen) atoms. The van der Waals surface area contributed by atoms with Gasteiger partial charge in [-0.15, -0.1) is 0 Å². The van der Waals surface area contributed by atoms with Gasteiger partial charge in [-0.05, 0) is 42.3 Å². The highest BCUT2D eigenvalue weighted by Crippen LogP contribution is 2.20. The Kier molecular flexibility index (Phi) is 3.68. The van der Waals surface area contributed by atoms with Crippen LogP contribution in [0.3, 0.4) is 0 Å². The molecule has 0 aliphatic rings. The van der Waals surface area contributed by atoms with Crippen LogP contribution >= 0.6 is 12.6 Å². The van der Waals surface area contributed by atoms with Crippen molar-refractivity contribution in [1.82, 2.24) is 9.55 Å². The molecule has 0 aliphatic heterocycles. The Morgan fingerprint density at radius 2 is 1.95 bits per heavy atom. The highest BCUT2D eigenvalue weighted by molar-refractivity contribution is 7.79. The van der Waals surface area contributed by atoms with E-state index in [4.69, 9.17) is 5.26 Å². The maximum absolute atomic E-state index is 8.86. The van der Waals surface area contributed by atoms with Crippen LogP contribution < -0.4 is 0 Å². The minimum atomic E-state index is 0.601. The van der Waals surface area contributed by atoms with Gasteiger partial charge in [0.25, 0.3) is 0 Å². The van der Waals surface area contributed by atoms with Gasteiger partial charge in [-0.1, -0.05) is 18.2 Å². The molecule has 3 nitrogen and oxygen atoms in total. The number of aromatic nitrogens is 2. The molecule has 104 valence electrons. The van der Waals surface area contributed by atoms with E-state index in [0.717, 1.165) is 29.0 Å². The van der Waals surface area contributed by atoms with E-state index < -0.39 is 0 Å². The summed E-state index contributed by atoms with van der Waals surface area (Å²) in [7, 11) is 0. The van der Waals surface area contributed by atoms with Crippen molar-refractivity contribution >= 4 is 23.7 Å². The highest BCUT2D eigenvalue weighted by Gasteiger charge is 2.10. The SMILES string of the molecule is Cc1ccc2c(c1)nc(CS)n2Cc1ccc(C#N)cc1. The molecule has 0 aliphatic carbocycles. The molecule has 0 N–H and O–H groups in total. The van der Waals surface area contributed by atoms with Crippen molar-refractivity contribution in [2.24, 2.45) is 0 Å². The number of thiol groups is 1. The molecule has 0 spiro atoms. The van der Waals surface area contributed by atoms with E-state index in [-0.39, 0.29) is 0 Å². The predicted octanol–water partition coefficient (Wildman–Crippen LogP) is 3.69. The monoisotopic (exact) mass is 293 g/mol. The Balaban J connectivity index is 2.04. The third-order valence-electron chi connectivity index (χ3n) is 3.55. The Hall–Kier alpha value is -2.25. The quantitative estimate of drug-likeness (QED) is 0.748. The van der Waals surface area contributed by atoms with Gasteiger partial charge in [0.15, 0.2) is 0 Å². The van der Waals surface area contributed by atoms with E-state index in [1.165, 1.54) is 5.56 Å². The first-order valence-electron chi connectivity index (χ1n) is 6.77. The smallest absolute Gasteiger partial charge is 0.119 e. The highest BCUT2D eigenvalue weighted by atomic mass is 32.1. The van der Waals surface area contributed by atoms with Crippen molar-refractivity contribution in [2.75, 3.05) is 0 Å². The Bertz CT molecular complexity index is 826. The van der Waals surface area contributed by atoms with E-state index in [9.17, 15) is 0 Å². The van der Waals surface area contributed by atoms with E-state index in [2.05, 4.69) is 53.4 Å². The van der Waals surface area contributed by atoms with E-state index in [1.54, 1.807) is 0 Å². The fourth-order valence-electron chi connectivity index (χ4n) is 2.45. The molecule has 1 aromatic heterocycles. The number of rotatable bonds is 3. The third-order valence-corrected chi connectivity index (χ3v) is 3.83. The van der Waals surface area contributed by atoms with Gasteiger partial charge in [0.05, 0.1) is 22.7 Å². The van der Waals surface area contributed by atoms with Crippen LogP contribution in [0.25, 0.3) is 11.0 Å². The maximum atomic E-state index is 8.86. The molecule has 0 amide bonds. The lowest BCUT2D eigenvalue weighted by Gasteiger charge is -2.08. The molecule has 0 saturated heterocycles. The topological polar surface area (TPSA) is 41.6 Å². The van der Waals surface area contributed by atoms with Crippen LogP contribution in [0.2, 0.25) is 0 Å². The number of nitriles is 1. The van der Waals surface area contributed by atoms with Crippen molar-refractivity contribution in [3.63, 3.8) is 0 Å². The normalized spacial score (nSPS) is 10.7. The molecule has 4 heteroatoms. The molecule has 1 heterocycles. The first-order valence-corrected chi connectivity index (χ1v) is 7.40. The van der Waals surface area contributed by atoms with Crippen LogP contribution in [0.15, 0.2) is 42.5 Å². The molecule has 0 bridgehead atoms. The van der Waals surface area contributed by atoms with Crippen molar-refractivity contribution in [1.29, 1.82) is 5.26 Å². The van der Waals surface area contributed by atoms with Crippen LogP contribution in [-0.2, 0) is 12.3 Å². The second kappa shape index (κ2) is 5.63. The molecule has 0 saturated carbocycles. The number of hydrogen-bond donors (Lipinski definition) is 1. The molecule has 0 atom stereocenters. The van der Waals surface area contributed by atoms with Crippen LogP contribution in [0, 0.1) is 18.3 Å². The average Bonchev–Trinajstić information content (AvgIpc) is 2.85. The Labute approximate surface area is 129 Å². The standard InChI is InChI=1S/C17H15N3S/c1-12-2-7-16-15(8-12)19-17(11-21)20(16)10-14-5-3-13(9-18)4-6-14/h2-8,21H,10-11H2,1H3. The van der Waals surface area contributed by atoms with Gasteiger partial charge < -0.3 is 4.57 Å². The molecule has 2 aromatic carbocycles. The predicted molar refractivity (Wildman–Crippen MR) is 87.4 cm³/mol. The van der Waals surface area contributed by atoms with Crippen molar-refractivity contribution in [2.45, 2.75) is 19.2 Å². The second-order valence-corrected chi connectivity index (χ2v) is 5.39. The molecule has 3 rings (SSSR count). The van der Waals surface area contributed by atoms with Gasteiger partial charge in [-0.25, -0.2) is 4.98 Å². The van der Waals surface area contributed by atoms with Crippen molar-refractivity contribution < 1.29 is 0 Å². The lowest BCUT2D eigenvalue weighted by molar-refractivity contribution is 0.781. The largest absolute Gasteiger partial charge is 0.323 e. The fraction of sp³-hybridized carbons (Fsp3) is 0.176. The summed E-state index contributed by atoms with van der Waals surface area (Å²) in [6, 6.07) is 16.1. The summed E-state index contributed by atoms with van der Waals surface area (Å²) < 4.78 is 2.18. The Morgan fingerprint density at radius 3 is 2.62 bits per heavy atom. The maximum Gasteiger partial charge on any atom is 0.119 e. The molecule has 0 unspecified atom stereocenters. The second-order valence-electron chi connectivity index (χ2n) is 5.07. The summed E-state index contributed by atoms with van der Waals surface area (Å²) in [6.45, 7) is 2.81. The third kappa shape index (κ3) is 2.65. The van der Waals surface area contributed by atoms with E-state index in [1.807, 2.05) is 24.3 Å². The van der Waals surface area contributed by atoms with Crippen LogP contribution in [0.1, 0.15) is 22.5 Å². The zero-order chi connectivity index (χ0) is 14.8. The number of nitrogens with zero attached hydrogens (tertiary/aromatic N) is 3. The molecule has 3 aromatic rings. The van der Waals surface area contributed by atoms with Gasteiger partial charge in [0.2, 0.25) is 0 Å². The number of imidazole rings is 1. The lowest BCUT2D eigenvalue weighted by Crippen LogP contribution is -2.03. The first-order chi connectivity index (χ1) is 10.2. The molecule has 0 radical (unpaired) electrons. The van der Waals surface area contributed by atoms with Crippen LogP contribution in [-0.4, -0.2) is 9.55 Å². The van der Waals surface area contributed by atoms with Crippen LogP contribution in [0.5, 0.6) is 0 Å². The lowest BCUT2D eigenvalue weighted by atomic mass is 10.1. The summed E-state index contributed by atoms with van der Waals surface area (Å²) in [6.07, 6.45) is 0. The van der Waals surface area contributed by atoms with Crippen molar-refractivity contribution in [3.05, 3.63) is 65.0 Å². The van der Waals surface area contributed by atoms with Gasteiger partial charge in [-0.2, -0.15) is 17.9 Å². The van der Waals surface area contributed by atoms with Gasteiger partial charge in [0, 0.05) is 12.3 Å². The van der Waals surface area contributed by atoms with Gasteiger partial charge >= 0.3 is 0 Å². The van der Waals surface area contributed by atoms with Crippen molar-refractivity contribution in [3.8, 4) is 6.07 Å². The number of hydrogen-bond acceptors (Lipinski definition) is 3. The minimum Gasteiger partial charge on any atom is -0.323 e. The summed E-state index contributed by atoms with van der Waals surface area (Å²) >= 11 is 4.39. The van der Waals surface area contributed by atoms with E-state index >= 15 is 0 Å². The van der Waals surface area contributed by atoms with E-state index in [0.29, 0.717) is 11.3 Å². The summed E-state index contributed by atoms with van der Waals surface area (Å²) in [5.74, 6) is 1.56. The number of fused-ring (bicyclic) bond motifs is 1. The van der Waals surface area contributed by atoms with Gasteiger partial charge in [-0.3, -0.25) is 0 Å². The molecular formula is C17H15N3S. The van der Waals surface area contributed by atoms with Gasteiger partial charge in [0.1, 0.15) is 5.82 Å². The molecular weight excluding hydrogens is 278 g/mol.